The average molecular weight is 292 g/mol. The van der Waals surface area contributed by atoms with Gasteiger partial charge in [0.15, 0.2) is 0 Å². The molecule has 0 aliphatic heterocycles. The Hall–Kier alpha value is -1.99. The Morgan fingerprint density at radius 1 is 1.55 bits per heavy atom. The SMILES string of the molecule is CCC(C)N/C=C(/C#N)C(=O)Nc1cccc(Cl)c1C. The van der Waals surface area contributed by atoms with Gasteiger partial charge in [-0.2, -0.15) is 5.26 Å². The molecule has 20 heavy (non-hydrogen) atoms. The van der Waals surface area contributed by atoms with Crippen LogP contribution in [0.15, 0.2) is 30.0 Å². The average Bonchev–Trinajstić information content (AvgIpc) is 2.44. The topological polar surface area (TPSA) is 64.9 Å². The molecule has 0 spiro atoms. The molecule has 1 atom stereocenters. The fourth-order valence-electron chi connectivity index (χ4n) is 1.42. The molecule has 1 amide bonds. The molecular formula is C15H18ClN3O. The Morgan fingerprint density at radius 2 is 2.25 bits per heavy atom. The molecule has 1 aromatic carbocycles. The highest BCUT2D eigenvalue weighted by Gasteiger charge is 2.11. The minimum absolute atomic E-state index is 0.0321. The molecule has 0 aromatic heterocycles. The molecule has 0 radical (unpaired) electrons. The van der Waals surface area contributed by atoms with Crippen molar-refractivity contribution in [2.75, 3.05) is 5.32 Å². The molecule has 1 unspecified atom stereocenters. The van der Waals surface area contributed by atoms with Crippen molar-refractivity contribution in [1.82, 2.24) is 5.32 Å². The van der Waals surface area contributed by atoms with Gasteiger partial charge in [-0.3, -0.25) is 4.79 Å². The van der Waals surface area contributed by atoms with Crippen LogP contribution in [0.2, 0.25) is 5.02 Å². The maximum absolute atomic E-state index is 12.0. The predicted octanol–water partition coefficient (Wildman–Crippen LogP) is 3.38. The lowest BCUT2D eigenvalue weighted by molar-refractivity contribution is -0.112. The van der Waals surface area contributed by atoms with E-state index in [9.17, 15) is 4.79 Å². The van der Waals surface area contributed by atoms with Gasteiger partial charge in [0.05, 0.1) is 0 Å². The highest BCUT2D eigenvalue weighted by atomic mass is 35.5. The van der Waals surface area contributed by atoms with Crippen LogP contribution in [-0.4, -0.2) is 11.9 Å². The number of hydrogen-bond acceptors (Lipinski definition) is 3. The van der Waals surface area contributed by atoms with Gasteiger partial charge in [-0.15, -0.1) is 0 Å². The van der Waals surface area contributed by atoms with Gasteiger partial charge < -0.3 is 10.6 Å². The van der Waals surface area contributed by atoms with Crippen molar-refractivity contribution in [1.29, 1.82) is 5.26 Å². The van der Waals surface area contributed by atoms with Crippen molar-refractivity contribution in [3.05, 3.63) is 40.6 Å². The summed E-state index contributed by atoms with van der Waals surface area (Å²) in [4.78, 5) is 12.0. The molecule has 0 saturated carbocycles. The lowest BCUT2D eigenvalue weighted by Crippen LogP contribution is -2.22. The number of nitrogens with one attached hydrogen (secondary N) is 2. The molecular weight excluding hydrogens is 274 g/mol. The van der Waals surface area contributed by atoms with Crippen molar-refractivity contribution >= 4 is 23.2 Å². The van der Waals surface area contributed by atoms with Crippen LogP contribution in [0.5, 0.6) is 0 Å². The molecule has 0 aliphatic carbocycles. The third kappa shape index (κ3) is 4.29. The van der Waals surface area contributed by atoms with Crippen molar-refractivity contribution in [3.8, 4) is 6.07 Å². The standard InChI is InChI=1S/C15H18ClN3O/c1-4-10(2)18-9-12(8-17)15(20)19-14-7-5-6-13(16)11(14)3/h5-7,9-10,18H,4H2,1-3H3,(H,19,20)/b12-9-. The molecule has 106 valence electrons. The van der Waals surface area contributed by atoms with Crippen LogP contribution in [-0.2, 0) is 4.79 Å². The third-order valence-corrected chi connectivity index (χ3v) is 3.41. The Balaban J connectivity index is 2.83. The summed E-state index contributed by atoms with van der Waals surface area (Å²) < 4.78 is 0. The number of nitriles is 1. The van der Waals surface area contributed by atoms with Crippen LogP contribution < -0.4 is 10.6 Å². The molecule has 1 rings (SSSR count). The minimum Gasteiger partial charge on any atom is -0.387 e. The number of carbonyl (C=O) groups is 1. The van der Waals surface area contributed by atoms with Gasteiger partial charge in [0.1, 0.15) is 11.6 Å². The van der Waals surface area contributed by atoms with Gasteiger partial charge in [-0.1, -0.05) is 24.6 Å². The number of benzene rings is 1. The van der Waals surface area contributed by atoms with E-state index >= 15 is 0 Å². The van der Waals surface area contributed by atoms with Crippen LogP contribution >= 0.6 is 11.6 Å². The Morgan fingerprint density at radius 3 is 2.85 bits per heavy atom. The zero-order chi connectivity index (χ0) is 15.1. The number of carbonyl (C=O) groups excluding carboxylic acids is 1. The molecule has 2 N–H and O–H groups in total. The van der Waals surface area contributed by atoms with E-state index in [0.29, 0.717) is 10.7 Å². The first-order valence-corrected chi connectivity index (χ1v) is 6.80. The van der Waals surface area contributed by atoms with Gasteiger partial charge in [-0.25, -0.2) is 0 Å². The molecule has 0 saturated heterocycles. The van der Waals surface area contributed by atoms with E-state index in [1.165, 1.54) is 6.20 Å². The summed E-state index contributed by atoms with van der Waals surface area (Å²) in [6, 6.07) is 7.34. The highest BCUT2D eigenvalue weighted by Crippen LogP contribution is 2.23. The summed E-state index contributed by atoms with van der Waals surface area (Å²) in [7, 11) is 0. The second-order valence-corrected chi connectivity index (χ2v) is 4.92. The van der Waals surface area contributed by atoms with E-state index in [-0.39, 0.29) is 11.6 Å². The summed E-state index contributed by atoms with van der Waals surface area (Å²) in [5.41, 5.74) is 1.41. The monoisotopic (exact) mass is 291 g/mol. The largest absolute Gasteiger partial charge is 0.387 e. The van der Waals surface area contributed by atoms with Crippen LogP contribution in [0, 0.1) is 18.3 Å². The van der Waals surface area contributed by atoms with E-state index in [1.54, 1.807) is 18.2 Å². The maximum atomic E-state index is 12.0. The smallest absolute Gasteiger partial charge is 0.267 e. The van der Waals surface area contributed by atoms with Gasteiger partial charge in [0.2, 0.25) is 0 Å². The number of hydrogen-bond donors (Lipinski definition) is 2. The van der Waals surface area contributed by atoms with E-state index in [1.807, 2.05) is 26.8 Å². The summed E-state index contributed by atoms with van der Waals surface area (Å²) in [5.74, 6) is -0.450. The number of rotatable bonds is 5. The maximum Gasteiger partial charge on any atom is 0.267 e. The van der Waals surface area contributed by atoms with Crippen LogP contribution in [0.1, 0.15) is 25.8 Å². The van der Waals surface area contributed by atoms with Crippen molar-refractivity contribution in [2.24, 2.45) is 0 Å². The molecule has 0 fully saturated rings. The first-order chi connectivity index (χ1) is 9.49. The quantitative estimate of drug-likeness (QED) is 0.645. The van der Waals surface area contributed by atoms with Crippen molar-refractivity contribution in [2.45, 2.75) is 33.2 Å². The molecule has 4 nitrogen and oxygen atoms in total. The lowest BCUT2D eigenvalue weighted by Gasteiger charge is -2.11. The van der Waals surface area contributed by atoms with E-state index < -0.39 is 5.91 Å². The fourth-order valence-corrected chi connectivity index (χ4v) is 1.60. The fraction of sp³-hybridized carbons (Fsp3) is 0.333. The second-order valence-electron chi connectivity index (χ2n) is 4.51. The summed E-state index contributed by atoms with van der Waals surface area (Å²) in [6.45, 7) is 5.81. The van der Waals surface area contributed by atoms with Crippen molar-refractivity contribution in [3.63, 3.8) is 0 Å². The van der Waals surface area contributed by atoms with Gasteiger partial charge in [0.25, 0.3) is 5.91 Å². The minimum atomic E-state index is -0.450. The van der Waals surface area contributed by atoms with E-state index in [0.717, 1.165) is 12.0 Å². The predicted molar refractivity (Wildman–Crippen MR) is 81.4 cm³/mol. The van der Waals surface area contributed by atoms with Crippen molar-refractivity contribution < 1.29 is 4.79 Å². The molecule has 0 bridgehead atoms. The highest BCUT2D eigenvalue weighted by molar-refractivity contribution is 6.31. The van der Waals surface area contributed by atoms with Gasteiger partial charge in [0, 0.05) is 23.0 Å². The molecule has 1 aromatic rings. The number of anilines is 1. The number of nitrogens with zero attached hydrogens (tertiary/aromatic N) is 1. The number of amides is 1. The summed E-state index contributed by atoms with van der Waals surface area (Å²) in [5, 5.41) is 15.3. The Bertz CT molecular complexity index is 561. The first kappa shape index (κ1) is 16.1. The molecule has 0 heterocycles. The molecule has 0 aliphatic rings. The summed E-state index contributed by atoms with van der Waals surface area (Å²) >= 11 is 5.99. The Kier molecular flexibility index (Phi) is 6.08. The van der Waals surface area contributed by atoms with Crippen LogP contribution in [0.4, 0.5) is 5.69 Å². The van der Waals surface area contributed by atoms with Crippen LogP contribution in [0.3, 0.4) is 0 Å². The normalized spacial score (nSPS) is 12.4. The lowest BCUT2D eigenvalue weighted by atomic mass is 10.2. The first-order valence-electron chi connectivity index (χ1n) is 6.42. The zero-order valence-electron chi connectivity index (χ0n) is 11.8. The van der Waals surface area contributed by atoms with E-state index in [4.69, 9.17) is 16.9 Å². The van der Waals surface area contributed by atoms with Crippen LogP contribution in [0.25, 0.3) is 0 Å². The third-order valence-electron chi connectivity index (χ3n) is 3.01. The Labute approximate surface area is 124 Å². The number of halogens is 1. The van der Waals surface area contributed by atoms with E-state index in [2.05, 4.69) is 10.6 Å². The molecule has 5 heteroatoms. The second kappa shape index (κ2) is 7.56. The van der Waals surface area contributed by atoms with Gasteiger partial charge in [-0.05, 0) is 38.0 Å². The van der Waals surface area contributed by atoms with Gasteiger partial charge >= 0.3 is 0 Å². The zero-order valence-corrected chi connectivity index (χ0v) is 12.6. The summed E-state index contributed by atoms with van der Waals surface area (Å²) in [6.07, 6.45) is 2.35.